The second-order valence-corrected chi connectivity index (χ2v) is 10.0. The summed E-state index contributed by atoms with van der Waals surface area (Å²) in [6.07, 6.45) is -0.435. The number of aryl methyl sites for hydroxylation is 2. The fourth-order valence-electron chi connectivity index (χ4n) is 5.22. The Bertz CT molecular complexity index is 1580. The van der Waals surface area contributed by atoms with Crippen LogP contribution in [0, 0.1) is 32.1 Å². The maximum atomic E-state index is 13.8. The number of rotatable bonds is 6. The summed E-state index contributed by atoms with van der Waals surface area (Å²) in [5.41, 5.74) is 11.8. The third-order valence-electron chi connectivity index (χ3n) is 7.41. The van der Waals surface area contributed by atoms with E-state index < -0.39 is 5.92 Å². The van der Waals surface area contributed by atoms with Gasteiger partial charge in [0.15, 0.2) is 0 Å². The molecule has 1 saturated heterocycles. The number of hydrogen-bond acceptors (Lipinski definition) is 6. The van der Waals surface area contributed by atoms with Gasteiger partial charge in [-0.05, 0) is 61.7 Å². The number of methoxy groups -OCH3 is 1. The predicted molar refractivity (Wildman–Crippen MR) is 148 cm³/mol. The Balaban J connectivity index is 1.58. The molecule has 0 radical (unpaired) electrons. The first-order valence-corrected chi connectivity index (χ1v) is 12.8. The van der Waals surface area contributed by atoms with E-state index in [1.165, 1.54) is 0 Å². The van der Waals surface area contributed by atoms with Gasteiger partial charge in [0, 0.05) is 36.9 Å². The van der Waals surface area contributed by atoms with E-state index in [1.807, 2.05) is 68.1 Å². The van der Waals surface area contributed by atoms with E-state index in [1.54, 1.807) is 11.7 Å². The van der Waals surface area contributed by atoms with Gasteiger partial charge in [0.1, 0.15) is 47.0 Å². The quantitative estimate of drug-likeness (QED) is 0.317. The Kier molecular flexibility index (Phi) is 6.81. The third-order valence-corrected chi connectivity index (χ3v) is 7.41. The standard InChI is InChI=1S/C30H31F2N5O2/c1-18-5-10-25(39-17-21-6-8-22(38-4)9-7-21)20(3)26(18)37-27(34)24(16-33)23-15-19(2)28(35-29(23)37)36-13-11-30(31,32)12-14-36/h5-10,15H,11-14,17,34H2,1-4H3. The summed E-state index contributed by atoms with van der Waals surface area (Å²) in [4.78, 5) is 6.82. The van der Waals surface area contributed by atoms with Crippen LogP contribution in [0.25, 0.3) is 16.7 Å². The topological polar surface area (TPSA) is 89.3 Å². The number of hydrogen-bond donors (Lipinski definition) is 1. The molecule has 1 aliphatic heterocycles. The van der Waals surface area contributed by atoms with Crippen LogP contribution < -0.4 is 20.1 Å². The molecule has 202 valence electrons. The number of halogens is 2. The second kappa shape index (κ2) is 10.1. The summed E-state index contributed by atoms with van der Waals surface area (Å²) in [7, 11) is 1.63. The summed E-state index contributed by atoms with van der Waals surface area (Å²) in [6.45, 7) is 6.58. The number of aromatic nitrogens is 2. The predicted octanol–water partition coefficient (Wildman–Crippen LogP) is 6.23. The summed E-state index contributed by atoms with van der Waals surface area (Å²) < 4.78 is 40.9. The molecular formula is C30H31F2N5O2. The van der Waals surface area contributed by atoms with Gasteiger partial charge in [0.2, 0.25) is 0 Å². The summed E-state index contributed by atoms with van der Waals surface area (Å²) in [5.74, 6) is -0.301. The Labute approximate surface area is 226 Å². The van der Waals surface area contributed by atoms with Crippen molar-refractivity contribution in [3.63, 3.8) is 0 Å². The molecule has 9 heteroatoms. The molecule has 7 nitrogen and oxygen atoms in total. The van der Waals surface area contributed by atoms with Gasteiger partial charge in [-0.2, -0.15) is 5.26 Å². The van der Waals surface area contributed by atoms with Crippen molar-refractivity contribution in [1.82, 2.24) is 9.55 Å². The molecule has 2 N–H and O–H groups in total. The largest absolute Gasteiger partial charge is 0.497 e. The molecule has 0 saturated carbocycles. The molecule has 0 atom stereocenters. The Morgan fingerprint density at radius 2 is 1.74 bits per heavy atom. The number of nitrogen functional groups attached to an aromatic ring is 1. The number of anilines is 2. The van der Waals surface area contributed by atoms with Crippen molar-refractivity contribution < 1.29 is 18.3 Å². The van der Waals surface area contributed by atoms with Crippen LogP contribution in [0.15, 0.2) is 42.5 Å². The van der Waals surface area contributed by atoms with Crippen molar-refractivity contribution >= 4 is 22.7 Å². The Hall–Kier alpha value is -4.32. The molecule has 4 aromatic rings. The Morgan fingerprint density at radius 1 is 1.05 bits per heavy atom. The zero-order valence-corrected chi connectivity index (χ0v) is 22.5. The molecule has 0 unspecified atom stereocenters. The molecule has 1 fully saturated rings. The minimum Gasteiger partial charge on any atom is -0.497 e. The molecule has 0 spiro atoms. The van der Waals surface area contributed by atoms with E-state index in [0.29, 0.717) is 34.8 Å². The average molecular weight is 532 g/mol. The first-order chi connectivity index (χ1) is 18.6. The highest BCUT2D eigenvalue weighted by molar-refractivity contribution is 5.93. The lowest BCUT2D eigenvalue weighted by molar-refractivity contribution is -0.0221. The van der Waals surface area contributed by atoms with E-state index in [-0.39, 0.29) is 31.7 Å². The van der Waals surface area contributed by atoms with Crippen LogP contribution in [0.1, 0.15) is 40.7 Å². The lowest BCUT2D eigenvalue weighted by atomic mass is 10.1. The number of piperidine rings is 1. The van der Waals surface area contributed by atoms with Crippen molar-refractivity contribution in [1.29, 1.82) is 5.26 Å². The van der Waals surface area contributed by atoms with Crippen LogP contribution in [-0.2, 0) is 6.61 Å². The van der Waals surface area contributed by atoms with Gasteiger partial charge in [0.25, 0.3) is 5.92 Å². The maximum Gasteiger partial charge on any atom is 0.251 e. The minimum absolute atomic E-state index is 0.209. The number of nitrogens with zero attached hydrogens (tertiary/aromatic N) is 4. The number of alkyl halides is 2. The van der Waals surface area contributed by atoms with Crippen LogP contribution >= 0.6 is 0 Å². The molecule has 2 aromatic carbocycles. The fraction of sp³-hybridized carbons (Fsp3) is 0.333. The summed E-state index contributed by atoms with van der Waals surface area (Å²) >= 11 is 0. The summed E-state index contributed by atoms with van der Waals surface area (Å²) in [5, 5.41) is 10.6. The normalized spacial score (nSPS) is 14.8. The molecular weight excluding hydrogens is 500 g/mol. The van der Waals surface area contributed by atoms with Crippen LogP contribution in [0.5, 0.6) is 11.5 Å². The highest BCUT2D eigenvalue weighted by Crippen LogP contribution is 2.39. The van der Waals surface area contributed by atoms with Crippen molar-refractivity contribution in [2.45, 2.75) is 46.1 Å². The third kappa shape index (κ3) is 4.83. The zero-order chi connectivity index (χ0) is 27.9. The Morgan fingerprint density at radius 3 is 2.38 bits per heavy atom. The molecule has 1 aliphatic rings. The van der Waals surface area contributed by atoms with E-state index in [2.05, 4.69) is 6.07 Å². The van der Waals surface area contributed by atoms with Gasteiger partial charge in [0.05, 0.1) is 12.8 Å². The van der Waals surface area contributed by atoms with E-state index in [0.717, 1.165) is 33.7 Å². The van der Waals surface area contributed by atoms with E-state index >= 15 is 0 Å². The molecule has 3 heterocycles. The van der Waals surface area contributed by atoms with Crippen LogP contribution in [0.3, 0.4) is 0 Å². The number of nitrogens with two attached hydrogens (primary N) is 1. The number of nitriles is 1. The van der Waals surface area contributed by atoms with Crippen molar-refractivity contribution in [3.05, 3.63) is 70.3 Å². The molecule has 5 rings (SSSR count). The SMILES string of the molecule is COc1ccc(COc2ccc(C)c(-n3c(N)c(C#N)c4cc(C)c(N5CCC(F)(F)CC5)nc43)c2C)cc1. The second-order valence-electron chi connectivity index (χ2n) is 10.0. The van der Waals surface area contributed by atoms with Crippen molar-refractivity contribution in [3.8, 4) is 23.3 Å². The number of pyridine rings is 1. The smallest absolute Gasteiger partial charge is 0.251 e. The lowest BCUT2D eigenvalue weighted by Crippen LogP contribution is -2.40. The van der Waals surface area contributed by atoms with Crippen LogP contribution in [0.4, 0.5) is 20.4 Å². The van der Waals surface area contributed by atoms with Gasteiger partial charge in [-0.25, -0.2) is 13.8 Å². The van der Waals surface area contributed by atoms with Crippen LogP contribution in [0.2, 0.25) is 0 Å². The van der Waals surface area contributed by atoms with Gasteiger partial charge >= 0.3 is 0 Å². The number of benzene rings is 2. The average Bonchev–Trinajstić information content (AvgIpc) is 3.18. The molecule has 2 aromatic heterocycles. The first-order valence-electron chi connectivity index (χ1n) is 12.8. The molecule has 0 amide bonds. The minimum atomic E-state index is -2.66. The molecule has 39 heavy (non-hydrogen) atoms. The van der Waals surface area contributed by atoms with Gasteiger partial charge in [-0.3, -0.25) is 4.57 Å². The molecule has 0 bridgehead atoms. The van der Waals surface area contributed by atoms with Crippen molar-refractivity contribution in [2.75, 3.05) is 30.8 Å². The molecule has 0 aliphatic carbocycles. The van der Waals surface area contributed by atoms with Gasteiger partial charge < -0.3 is 20.1 Å². The van der Waals surface area contributed by atoms with E-state index in [9.17, 15) is 14.0 Å². The highest BCUT2D eigenvalue weighted by atomic mass is 19.3. The number of fused-ring (bicyclic) bond motifs is 1. The summed E-state index contributed by atoms with van der Waals surface area (Å²) in [6, 6.07) is 15.7. The first kappa shape index (κ1) is 26.3. The lowest BCUT2D eigenvalue weighted by Gasteiger charge is -2.33. The van der Waals surface area contributed by atoms with Crippen LogP contribution in [-0.4, -0.2) is 35.7 Å². The monoisotopic (exact) mass is 531 g/mol. The van der Waals surface area contributed by atoms with Gasteiger partial charge in [-0.15, -0.1) is 0 Å². The highest BCUT2D eigenvalue weighted by Gasteiger charge is 2.35. The van der Waals surface area contributed by atoms with Gasteiger partial charge in [-0.1, -0.05) is 18.2 Å². The van der Waals surface area contributed by atoms with Crippen molar-refractivity contribution in [2.24, 2.45) is 0 Å². The number of ether oxygens (including phenoxy) is 2. The fourth-order valence-corrected chi connectivity index (χ4v) is 5.22. The maximum absolute atomic E-state index is 13.8. The zero-order valence-electron chi connectivity index (χ0n) is 22.5. The van der Waals surface area contributed by atoms with E-state index in [4.69, 9.17) is 20.2 Å².